The lowest BCUT2D eigenvalue weighted by atomic mass is 9.93. The number of carbonyl (C=O) groups is 1. The molecule has 0 unspecified atom stereocenters. The molecule has 1 fully saturated rings. The van der Waals surface area contributed by atoms with Crippen LogP contribution in [0.5, 0.6) is 0 Å². The van der Waals surface area contributed by atoms with Crippen molar-refractivity contribution >= 4 is 23.4 Å². The quantitative estimate of drug-likeness (QED) is 0.339. The Morgan fingerprint density at radius 3 is 2.63 bits per heavy atom. The van der Waals surface area contributed by atoms with Crippen LogP contribution in [-0.2, 0) is 4.79 Å². The Morgan fingerprint density at radius 1 is 1.24 bits per heavy atom. The minimum atomic E-state index is -2.15. The summed E-state index contributed by atoms with van der Waals surface area (Å²) >= 11 is 0. The molecule has 0 spiro atoms. The van der Waals surface area contributed by atoms with Crippen LogP contribution in [0.4, 0.5) is 26.2 Å². The molecule has 0 aliphatic carbocycles. The SMILES string of the molecule is Cc1cc(Nc2cc(C)c(C#N)c(N3CC(F)(C(=O)N[C@@H](C)c4ccc(-n5cc(F)cn5)nc4)C3)n2)n[nH]1. The van der Waals surface area contributed by atoms with E-state index < -0.39 is 23.4 Å². The molecule has 11 nitrogen and oxygen atoms in total. The Morgan fingerprint density at radius 2 is 2.03 bits per heavy atom. The van der Waals surface area contributed by atoms with Crippen molar-refractivity contribution in [3.8, 4) is 11.9 Å². The van der Waals surface area contributed by atoms with Crippen LogP contribution in [0.25, 0.3) is 5.82 Å². The number of nitrogens with one attached hydrogen (secondary N) is 3. The summed E-state index contributed by atoms with van der Waals surface area (Å²) in [6.45, 7) is 4.85. The monoisotopic (exact) mass is 518 g/mol. The van der Waals surface area contributed by atoms with Crippen molar-refractivity contribution in [1.82, 2.24) is 35.3 Å². The molecule has 1 amide bonds. The van der Waals surface area contributed by atoms with Crippen molar-refractivity contribution in [1.29, 1.82) is 5.26 Å². The van der Waals surface area contributed by atoms with Gasteiger partial charge in [-0.15, -0.1) is 0 Å². The average molecular weight is 519 g/mol. The smallest absolute Gasteiger partial charge is 0.261 e. The third-order valence-electron chi connectivity index (χ3n) is 6.26. The van der Waals surface area contributed by atoms with E-state index in [1.165, 1.54) is 17.1 Å². The fourth-order valence-electron chi connectivity index (χ4n) is 4.18. The van der Waals surface area contributed by atoms with Crippen LogP contribution in [0.3, 0.4) is 0 Å². The predicted molar refractivity (Wildman–Crippen MR) is 134 cm³/mol. The molecule has 38 heavy (non-hydrogen) atoms. The van der Waals surface area contributed by atoms with Crippen LogP contribution in [0.1, 0.15) is 35.3 Å². The van der Waals surface area contributed by atoms with Gasteiger partial charge in [0, 0.05) is 18.0 Å². The molecule has 0 saturated carbocycles. The van der Waals surface area contributed by atoms with Crippen LogP contribution in [-0.4, -0.2) is 54.6 Å². The van der Waals surface area contributed by atoms with Gasteiger partial charge < -0.3 is 15.5 Å². The maximum absolute atomic E-state index is 15.5. The fourth-order valence-corrected chi connectivity index (χ4v) is 4.18. The number of amides is 1. The molecule has 4 aromatic heterocycles. The summed E-state index contributed by atoms with van der Waals surface area (Å²) < 4.78 is 30.0. The Labute approximate surface area is 216 Å². The number of rotatable bonds is 7. The fraction of sp³-hybridized carbons (Fsp3) is 0.280. The van der Waals surface area contributed by atoms with Gasteiger partial charge >= 0.3 is 0 Å². The summed E-state index contributed by atoms with van der Waals surface area (Å²) in [6.07, 6.45) is 3.79. The lowest BCUT2D eigenvalue weighted by molar-refractivity contribution is -0.135. The Bertz CT molecular complexity index is 1530. The molecule has 3 N–H and O–H groups in total. The van der Waals surface area contributed by atoms with Gasteiger partial charge in [0.1, 0.15) is 17.7 Å². The van der Waals surface area contributed by atoms with E-state index in [0.29, 0.717) is 40.0 Å². The van der Waals surface area contributed by atoms with E-state index in [0.717, 1.165) is 11.9 Å². The normalized spacial score (nSPS) is 14.9. The zero-order valence-corrected chi connectivity index (χ0v) is 20.8. The van der Waals surface area contributed by atoms with Crippen LogP contribution >= 0.6 is 0 Å². The predicted octanol–water partition coefficient (Wildman–Crippen LogP) is 3.16. The van der Waals surface area contributed by atoms with Crippen LogP contribution in [0.15, 0.2) is 42.9 Å². The maximum Gasteiger partial charge on any atom is 0.261 e. The van der Waals surface area contributed by atoms with Gasteiger partial charge in [0.2, 0.25) is 5.67 Å². The van der Waals surface area contributed by atoms with Gasteiger partial charge in [0.15, 0.2) is 17.5 Å². The highest BCUT2D eigenvalue weighted by molar-refractivity contribution is 5.89. The molecule has 5 rings (SSSR count). The van der Waals surface area contributed by atoms with E-state index in [1.54, 1.807) is 43.0 Å². The van der Waals surface area contributed by atoms with Gasteiger partial charge in [-0.25, -0.2) is 23.4 Å². The largest absolute Gasteiger partial charge is 0.348 e. The highest BCUT2D eigenvalue weighted by Gasteiger charge is 2.51. The number of aryl methyl sites for hydroxylation is 2. The maximum atomic E-state index is 15.5. The summed E-state index contributed by atoms with van der Waals surface area (Å²) in [6, 6.07) is 8.45. The second kappa shape index (κ2) is 9.55. The number of H-pyrrole nitrogens is 1. The number of aromatic nitrogens is 6. The Hall–Kier alpha value is -4.86. The van der Waals surface area contributed by atoms with Crippen molar-refractivity contribution in [3.63, 3.8) is 0 Å². The molecule has 13 heteroatoms. The van der Waals surface area contributed by atoms with E-state index in [9.17, 15) is 14.4 Å². The van der Waals surface area contributed by atoms with Crippen molar-refractivity contribution in [2.24, 2.45) is 0 Å². The summed E-state index contributed by atoms with van der Waals surface area (Å²) in [5.41, 5.74) is 0.330. The highest BCUT2D eigenvalue weighted by atomic mass is 19.1. The van der Waals surface area contributed by atoms with Crippen molar-refractivity contribution in [2.75, 3.05) is 23.3 Å². The molecule has 1 aliphatic heterocycles. The Balaban J connectivity index is 1.25. The van der Waals surface area contributed by atoms with Gasteiger partial charge in [-0.05, 0) is 44.0 Å². The number of hydrogen-bond acceptors (Lipinski definition) is 8. The minimum Gasteiger partial charge on any atom is -0.348 e. The summed E-state index contributed by atoms with van der Waals surface area (Å²) in [5.74, 6) is 0.458. The number of halogens is 2. The number of anilines is 3. The number of pyridine rings is 2. The first-order chi connectivity index (χ1) is 18.1. The highest BCUT2D eigenvalue weighted by Crippen LogP contribution is 2.35. The zero-order chi connectivity index (χ0) is 27.0. The molecule has 1 atom stereocenters. The van der Waals surface area contributed by atoms with Gasteiger partial charge in [-0.3, -0.25) is 9.89 Å². The number of nitriles is 1. The lowest BCUT2D eigenvalue weighted by Crippen LogP contribution is -2.66. The van der Waals surface area contributed by atoms with Crippen molar-refractivity contribution in [2.45, 2.75) is 32.5 Å². The third-order valence-corrected chi connectivity index (χ3v) is 6.26. The second-order valence-electron chi connectivity index (χ2n) is 9.27. The van der Waals surface area contributed by atoms with E-state index in [2.05, 4.69) is 42.0 Å². The number of hydrogen-bond donors (Lipinski definition) is 3. The summed E-state index contributed by atoms with van der Waals surface area (Å²) in [5, 5.41) is 26.2. The molecule has 1 aliphatic rings. The van der Waals surface area contributed by atoms with Gasteiger partial charge in [0.05, 0.1) is 37.1 Å². The molecule has 0 bridgehead atoms. The average Bonchev–Trinajstić information content (AvgIpc) is 3.49. The van der Waals surface area contributed by atoms with Crippen molar-refractivity contribution in [3.05, 3.63) is 71.1 Å². The van der Waals surface area contributed by atoms with Gasteiger partial charge in [-0.1, -0.05) is 6.07 Å². The van der Waals surface area contributed by atoms with E-state index in [4.69, 9.17) is 0 Å². The Kier molecular flexibility index (Phi) is 6.23. The molecular weight excluding hydrogens is 494 g/mol. The van der Waals surface area contributed by atoms with Crippen LogP contribution in [0.2, 0.25) is 0 Å². The first-order valence-electron chi connectivity index (χ1n) is 11.8. The number of nitrogens with zero attached hydrogens (tertiary/aromatic N) is 7. The topological polar surface area (TPSA) is 140 Å². The van der Waals surface area contributed by atoms with Gasteiger partial charge in [0.25, 0.3) is 5.91 Å². The number of alkyl halides is 1. The van der Waals surface area contributed by atoms with Crippen LogP contribution < -0.4 is 15.5 Å². The number of aromatic amines is 1. The molecule has 1 saturated heterocycles. The van der Waals surface area contributed by atoms with Crippen LogP contribution in [0, 0.1) is 31.0 Å². The third kappa shape index (κ3) is 4.75. The standard InChI is InChI=1S/C25H24F2N10O/c1-14-6-20(32-21-7-15(2)34-35-21)33-23(19(14)8-28)36-12-25(27,13-36)24(38)31-16(3)17-4-5-22(29-9-17)37-11-18(26)10-30-37/h4-7,9-11,16H,12-13H2,1-3H3,(H,31,38)(H2,32,33,34,35)/t16-/m0/s1. The second-order valence-corrected chi connectivity index (χ2v) is 9.27. The first kappa shape index (κ1) is 24.8. The summed E-state index contributed by atoms with van der Waals surface area (Å²) in [4.78, 5) is 23.1. The zero-order valence-electron chi connectivity index (χ0n) is 20.8. The molecule has 0 aromatic carbocycles. The first-order valence-corrected chi connectivity index (χ1v) is 11.8. The molecule has 4 aromatic rings. The van der Waals surface area contributed by atoms with Crippen molar-refractivity contribution < 1.29 is 13.6 Å². The molecular formula is C25H24F2N10O. The minimum absolute atomic E-state index is 0.250. The number of carbonyl (C=O) groups excluding carboxylic acids is 1. The van der Waals surface area contributed by atoms with E-state index in [-0.39, 0.29) is 13.1 Å². The molecule has 194 valence electrons. The summed E-state index contributed by atoms with van der Waals surface area (Å²) in [7, 11) is 0. The molecule has 0 radical (unpaired) electrons. The van der Waals surface area contributed by atoms with Gasteiger partial charge in [-0.2, -0.15) is 15.5 Å². The van der Waals surface area contributed by atoms with E-state index in [1.807, 2.05) is 6.92 Å². The lowest BCUT2D eigenvalue weighted by Gasteiger charge is -2.44. The van der Waals surface area contributed by atoms with E-state index >= 15 is 4.39 Å². The molecule has 5 heterocycles.